The van der Waals surface area contributed by atoms with Crippen LogP contribution in [0.3, 0.4) is 0 Å². The summed E-state index contributed by atoms with van der Waals surface area (Å²) in [5.74, 6) is 0.563. The fourth-order valence-electron chi connectivity index (χ4n) is 1.20. The SMILES string of the molecule is CCCOc1nc(NCCC(F)(F)F)ccc1N. The standard InChI is InChI=1S/C11H16F3N3O/c1-2-7-18-10-8(15)3-4-9(17-10)16-6-5-11(12,13)14/h3-4H,2,5-7,15H2,1H3,(H,16,17). The van der Waals surface area contributed by atoms with Crippen molar-refractivity contribution in [2.45, 2.75) is 25.9 Å². The highest BCUT2D eigenvalue weighted by Gasteiger charge is 2.26. The maximum absolute atomic E-state index is 12.0. The van der Waals surface area contributed by atoms with E-state index in [1.165, 1.54) is 6.07 Å². The van der Waals surface area contributed by atoms with Gasteiger partial charge < -0.3 is 15.8 Å². The van der Waals surface area contributed by atoms with Crippen LogP contribution < -0.4 is 15.8 Å². The van der Waals surface area contributed by atoms with Crippen molar-refractivity contribution in [3.05, 3.63) is 12.1 Å². The Bertz CT molecular complexity index is 382. The van der Waals surface area contributed by atoms with Gasteiger partial charge in [-0.1, -0.05) is 6.92 Å². The van der Waals surface area contributed by atoms with Crippen molar-refractivity contribution in [1.29, 1.82) is 0 Å². The summed E-state index contributed by atoms with van der Waals surface area (Å²) in [4.78, 5) is 4.00. The van der Waals surface area contributed by atoms with Gasteiger partial charge in [-0.2, -0.15) is 18.2 Å². The molecular formula is C11H16F3N3O. The van der Waals surface area contributed by atoms with Crippen LogP contribution in [0.15, 0.2) is 12.1 Å². The van der Waals surface area contributed by atoms with Crippen molar-refractivity contribution in [3.8, 4) is 5.88 Å². The van der Waals surface area contributed by atoms with Crippen LogP contribution in [0.25, 0.3) is 0 Å². The third-order valence-electron chi connectivity index (χ3n) is 2.05. The Labute approximate surface area is 103 Å². The molecule has 102 valence electrons. The number of hydrogen-bond acceptors (Lipinski definition) is 4. The molecule has 4 nitrogen and oxygen atoms in total. The zero-order valence-electron chi connectivity index (χ0n) is 10.0. The molecule has 0 bridgehead atoms. The molecule has 1 rings (SSSR count). The zero-order valence-corrected chi connectivity index (χ0v) is 10.0. The lowest BCUT2D eigenvalue weighted by Gasteiger charge is -2.11. The van der Waals surface area contributed by atoms with Crippen LogP contribution in [-0.4, -0.2) is 24.3 Å². The number of alkyl halides is 3. The summed E-state index contributed by atoms with van der Waals surface area (Å²) in [5.41, 5.74) is 6.00. The topological polar surface area (TPSA) is 60.2 Å². The Balaban J connectivity index is 2.56. The molecule has 1 aromatic heterocycles. The van der Waals surface area contributed by atoms with Gasteiger partial charge in [-0.05, 0) is 18.6 Å². The quantitative estimate of drug-likeness (QED) is 0.828. The molecule has 7 heteroatoms. The van der Waals surface area contributed by atoms with E-state index in [1.54, 1.807) is 6.07 Å². The van der Waals surface area contributed by atoms with Crippen molar-refractivity contribution in [2.24, 2.45) is 0 Å². The molecule has 0 fully saturated rings. The van der Waals surface area contributed by atoms with Crippen LogP contribution in [0.4, 0.5) is 24.7 Å². The number of hydrogen-bond donors (Lipinski definition) is 2. The molecule has 0 aliphatic heterocycles. The number of ether oxygens (including phenoxy) is 1. The number of nitrogen functional groups attached to an aromatic ring is 1. The molecule has 1 aromatic rings. The van der Waals surface area contributed by atoms with E-state index in [9.17, 15) is 13.2 Å². The van der Waals surface area contributed by atoms with Crippen molar-refractivity contribution in [2.75, 3.05) is 24.2 Å². The average Bonchev–Trinajstić information content (AvgIpc) is 2.28. The molecule has 1 heterocycles. The number of anilines is 2. The Morgan fingerprint density at radius 3 is 2.72 bits per heavy atom. The number of nitrogens with zero attached hydrogens (tertiary/aromatic N) is 1. The predicted molar refractivity (Wildman–Crippen MR) is 63.6 cm³/mol. The number of aromatic nitrogens is 1. The van der Waals surface area contributed by atoms with Crippen LogP contribution in [0.5, 0.6) is 5.88 Å². The molecular weight excluding hydrogens is 247 g/mol. The largest absolute Gasteiger partial charge is 0.476 e. The Morgan fingerprint density at radius 1 is 1.39 bits per heavy atom. The summed E-state index contributed by atoms with van der Waals surface area (Å²) >= 11 is 0. The second-order valence-electron chi connectivity index (χ2n) is 3.73. The molecule has 0 aliphatic rings. The first-order valence-electron chi connectivity index (χ1n) is 5.62. The molecule has 0 atom stereocenters. The third kappa shape index (κ3) is 5.11. The summed E-state index contributed by atoms with van der Waals surface area (Å²) in [6.45, 7) is 2.17. The first kappa shape index (κ1) is 14.4. The maximum Gasteiger partial charge on any atom is 0.390 e. The minimum Gasteiger partial charge on any atom is -0.476 e. The normalized spacial score (nSPS) is 11.3. The van der Waals surface area contributed by atoms with Crippen LogP contribution in [0.2, 0.25) is 0 Å². The Hall–Kier alpha value is -1.66. The van der Waals surface area contributed by atoms with E-state index >= 15 is 0 Å². The number of pyridine rings is 1. The van der Waals surface area contributed by atoms with Crippen molar-refractivity contribution in [1.82, 2.24) is 4.98 Å². The van der Waals surface area contributed by atoms with Crippen LogP contribution in [-0.2, 0) is 0 Å². The number of halogens is 3. The van der Waals surface area contributed by atoms with Gasteiger partial charge in [-0.15, -0.1) is 0 Å². The van der Waals surface area contributed by atoms with E-state index in [1.807, 2.05) is 6.92 Å². The highest BCUT2D eigenvalue weighted by molar-refractivity contribution is 5.53. The minimum atomic E-state index is -4.18. The number of rotatable bonds is 6. The minimum absolute atomic E-state index is 0.229. The van der Waals surface area contributed by atoms with Gasteiger partial charge in [0.15, 0.2) is 0 Å². The summed E-state index contributed by atoms with van der Waals surface area (Å²) in [5, 5.41) is 2.58. The van der Waals surface area contributed by atoms with E-state index in [4.69, 9.17) is 10.5 Å². The van der Waals surface area contributed by atoms with Gasteiger partial charge in [0.2, 0.25) is 5.88 Å². The first-order valence-corrected chi connectivity index (χ1v) is 5.62. The predicted octanol–water partition coefficient (Wildman–Crippen LogP) is 2.82. The van der Waals surface area contributed by atoms with Gasteiger partial charge in [0, 0.05) is 6.54 Å². The smallest absolute Gasteiger partial charge is 0.390 e. The molecule has 0 unspecified atom stereocenters. The lowest BCUT2D eigenvalue weighted by atomic mass is 10.3. The summed E-state index contributed by atoms with van der Waals surface area (Å²) in [6.07, 6.45) is -4.29. The van der Waals surface area contributed by atoms with Crippen molar-refractivity contribution >= 4 is 11.5 Å². The monoisotopic (exact) mass is 263 g/mol. The first-order chi connectivity index (χ1) is 8.42. The maximum atomic E-state index is 12.0. The van der Waals surface area contributed by atoms with Crippen LogP contribution >= 0.6 is 0 Å². The van der Waals surface area contributed by atoms with E-state index in [0.29, 0.717) is 18.1 Å². The molecule has 0 aliphatic carbocycles. The summed E-state index contributed by atoms with van der Waals surface area (Å²) in [7, 11) is 0. The van der Waals surface area contributed by atoms with Gasteiger partial charge in [-0.25, -0.2) is 0 Å². The fraction of sp³-hybridized carbons (Fsp3) is 0.545. The highest BCUT2D eigenvalue weighted by Crippen LogP contribution is 2.22. The number of nitrogens with one attached hydrogen (secondary N) is 1. The van der Waals surface area contributed by atoms with Gasteiger partial charge >= 0.3 is 6.18 Å². The summed E-state index contributed by atoms with van der Waals surface area (Å²) < 4.78 is 41.2. The van der Waals surface area contributed by atoms with E-state index in [2.05, 4.69) is 10.3 Å². The van der Waals surface area contributed by atoms with Gasteiger partial charge in [0.05, 0.1) is 18.7 Å². The molecule has 0 radical (unpaired) electrons. The Kier molecular flexibility index (Phi) is 5.06. The van der Waals surface area contributed by atoms with Crippen molar-refractivity contribution < 1.29 is 17.9 Å². The number of nitrogens with two attached hydrogens (primary N) is 1. The van der Waals surface area contributed by atoms with E-state index in [0.717, 1.165) is 6.42 Å². The van der Waals surface area contributed by atoms with E-state index in [-0.39, 0.29) is 12.4 Å². The van der Waals surface area contributed by atoms with Crippen LogP contribution in [0, 0.1) is 0 Å². The second kappa shape index (κ2) is 6.32. The lowest BCUT2D eigenvalue weighted by molar-refractivity contribution is -0.131. The second-order valence-corrected chi connectivity index (χ2v) is 3.73. The lowest BCUT2D eigenvalue weighted by Crippen LogP contribution is -2.15. The van der Waals surface area contributed by atoms with Crippen molar-refractivity contribution in [3.63, 3.8) is 0 Å². The third-order valence-corrected chi connectivity index (χ3v) is 2.05. The fourth-order valence-corrected chi connectivity index (χ4v) is 1.20. The molecule has 18 heavy (non-hydrogen) atoms. The van der Waals surface area contributed by atoms with E-state index < -0.39 is 12.6 Å². The molecule has 0 spiro atoms. The molecule has 0 saturated heterocycles. The highest BCUT2D eigenvalue weighted by atomic mass is 19.4. The molecule has 3 N–H and O–H groups in total. The summed E-state index contributed by atoms with van der Waals surface area (Å²) in [6, 6.07) is 3.07. The zero-order chi connectivity index (χ0) is 13.6. The molecule has 0 saturated carbocycles. The van der Waals surface area contributed by atoms with Gasteiger partial charge in [0.25, 0.3) is 0 Å². The average molecular weight is 263 g/mol. The Morgan fingerprint density at radius 2 is 2.11 bits per heavy atom. The molecule has 0 aromatic carbocycles. The van der Waals surface area contributed by atoms with Crippen LogP contribution in [0.1, 0.15) is 19.8 Å². The van der Waals surface area contributed by atoms with Gasteiger partial charge in [-0.3, -0.25) is 0 Å². The molecule has 0 amide bonds. The van der Waals surface area contributed by atoms with Gasteiger partial charge in [0.1, 0.15) is 5.82 Å².